The number of benzene rings is 3. The van der Waals surface area contributed by atoms with Crippen molar-refractivity contribution in [1.29, 1.82) is 0 Å². The summed E-state index contributed by atoms with van der Waals surface area (Å²) in [7, 11) is 0. The summed E-state index contributed by atoms with van der Waals surface area (Å²) in [6.07, 6.45) is 0. The van der Waals surface area contributed by atoms with E-state index in [0.29, 0.717) is 0 Å². The van der Waals surface area contributed by atoms with E-state index < -0.39 is 0 Å². The number of nitrogen functional groups attached to an aromatic ring is 1. The molecule has 0 heterocycles. The van der Waals surface area contributed by atoms with Gasteiger partial charge in [-0.15, -0.1) is 0 Å². The molecule has 0 amide bonds. The molecule has 0 bridgehead atoms. The van der Waals surface area contributed by atoms with Gasteiger partial charge >= 0.3 is 0 Å². The number of nitrogens with one attached hydrogen (secondary N) is 1. The molecule has 100 valence electrons. The van der Waals surface area contributed by atoms with Crippen molar-refractivity contribution in [2.24, 2.45) is 0 Å². The first-order valence-electron chi connectivity index (χ1n) is 6.81. The second-order valence-corrected chi connectivity index (χ2v) is 5.03. The van der Waals surface area contributed by atoms with Crippen LogP contribution in [-0.4, -0.2) is 0 Å². The van der Waals surface area contributed by atoms with Crippen LogP contribution in [0.25, 0.3) is 10.8 Å². The third-order valence-electron chi connectivity index (χ3n) is 3.67. The van der Waals surface area contributed by atoms with Gasteiger partial charge in [0.25, 0.3) is 0 Å². The summed E-state index contributed by atoms with van der Waals surface area (Å²) < 4.78 is 0. The van der Waals surface area contributed by atoms with Crippen LogP contribution in [0.2, 0.25) is 0 Å². The molecule has 0 unspecified atom stereocenters. The Hall–Kier alpha value is -2.48. The molecule has 2 nitrogen and oxygen atoms in total. The maximum absolute atomic E-state index is 6.12. The molecule has 3 aromatic rings. The molecule has 3 aromatic carbocycles. The zero-order valence-electron chi connectivity index (χ0n) is 11.6. The number of hydrogen-bond donors (Lipinski definition) is 2. The SMILES string of the molecule is Cc1ccccc1CNc1cccc2cccc(N)c12. The molecule has 0 saturated heterocycles. The van der Waals surface area contributed by atoms with E-state index in [1.807, 2.05) is 12.1 Å². The fraction of sp³-hybridized carbons (Fsp3) is 0.111. The average Bonchev–Trinajstić information content (AvgIpc) is 2.46. The molecule has 0 aliphatic carbocycles. The van der Waals surface area contributed by atoms with E-state index in [1.54, 1.807) is 0 Å². The smallest absolute Gasteiger partial charge is 0.0443 e. The number of rotatable bonds is 3. The van der Waals surface area contributed by atoms with Crippen molar-refractivity contribution in [2.75, 3.05) is 11.1 Å². The van der Waals surface area contributed by atoms with Crippen molar-refractivity contribution in [1.82, 2.24) is 0 Å². The summed E-state index contributed by atoms with van der Waals surface area (Å²) in [6.45, 7) is 2.94. The van der Waals surface area contributed by atoms with Crippen LogP contribution in [-0.2, 0) is 6.54 Å². The van der Waals surface area contributed by atoms with Crippen molar-refractivity contribution >= 4 is 22.1 Å². The number of anilines is 2. The fourth-order valence-electron chi connectivity index (χ4n) is 2.52. The fourth-order valence-corrected chi connectivity index (χ4v) is 2.52. The summed E-state index contributed by atoms with van der Waals surface area (Å²) in [4.78, 5) is 0. The van der Waals surface area contributed by atoms with Crippen LogP contribution in [0, 0.1) is 6.92 Å². The molecule has 0 spiro atoms. The molecule has 3 rings (SSSR count). The lowest BCUT2D eigenvalue weighted by Crippen LogP contribution is -2.02. The highest BCUT2D eigenvalue weighted by molar-refractivity contribution is 6.02. The number of nitrogens with two attached hydrogens (primary N) is 1. The lowest BCUT2D eigenvalue weighted by Gasteiger charge is -2.13. The Morgan fingerprint density at radius 1 is 0.900 bits per heavy atom. The molecule has 0 atom stereocenters. The van der Waals surface area contributed by atoms with Crippen molar-refractivity contribution in [3.63, 3.8) is 0 Å². The first-order chi connectivity index (χ1) is 9.75. The summed E-state index contributed by atoms with van der Waals surface area (Å²) in [5.74, 6) is 0. The Labute approximate surface area is 119 Å². The average molecular weight is 262 g/mol. The molecular weight excluding hydrogens is 244 g/mol. The van der Waals surface area contributed by atoms with Crippen molar-refractivity contribution < 1.29 is 0 Å². The van der Waals surface area contributed by atoms with Crippen LogP contribution in [0.1, 0.15) is 11.1 Å². The Balaban J connectivity index is 1.94. The Morgan fingerprint density at radius 2 is 1.65 bits per heavy atom. The molecule has 0 radical (unpaired) electrons. The summed E-state index contributed by atoms with van der Waals surface area (Å²) >= 11 is 0. The molecule has 3 N–H and O–H groups in total. The molecule has 2 heteroatoms. The predicted molar refractivity (Wildman–Crippen MR) is 86.9 cm³/mol. The van der Waals surface area contributed by atoms with Crippen LogP contribution in [0.5, 0.6) is 0 Å². The van der Waals surface area contributed by atoms with Gasteiger partial charge in [0.2, 0.25) is 0 Å². The van der Waals surface area contributed by atoms with Crippen LogP contribution in [0.4, 0.5) is 11.4 Å². The molecule has 0 aromatic heterocycles. The monoisotopic (exact) mass is 262 g/mol. The van der Waals surface area contributed by atoms with Gasteiger partial charge < -0.3 is 11.1 Å². The van der Waals surface area contributed by atoms with Gasteiger partial charge in [-0.05, 0) is 35.6 Å². The van der Waals surface area contributed by atoms with Gasteiger partial charge in [-0.25, -0.2) is 0 Å². The number of hydrogen-bond acceptors (Lipinski definition) is 2. The second-order valence-electron chi connectivity index (χ2n) is 5.03. The largest absolute Gasteiger partial charge is 0.398 e. The summed E-state index contributed by atoms with van der Waals surface area (Å²) in [6, 6.07) is 20.7. The van der Waals surface area contributed by atoms with Crippen LogP contribution in [0.3, 0.4) is 0 Å². The van der Waals surface area contributed by atoms with Gasteiger partial charge in [0.05, 0.1) is 0 Å². The van der Waals surface area contributed by atoms with E-state index in [1.165, 1.54) is 16.5 Å². The van der Waals surface area contributed by atoms with Gasteiger partial charge in [0.1, 0.15) is 0 Å². The lowest BCUT2D eigenvalue weighted by atomic mass is 10.1. The van der Waals surface area contributed by atoms with E-state index in [-0.39, 0.29) is 0 Å². The van der Waals surface area contributed by atoms with Crippen LogP contribution < -0.4 is 11.1 Å². The molecule has 0 aliphatic heterocycles. The molecule has 0 aliphatic rings. The van der Waals surface area contributed by atoms with E-state index in [9.17, 15) is 0 Å². The zero-order chi connectivity index (χ0) is 13.9. The van der Waals surface area contributed by atoms with Gasteiger partial charge in [-0.2, -0.15) is 0 Å². The van der Waals surface area contributed by atoms with Crippen molar-refractivity contribution in [3.05, 3.63) is 71.8 Å². The minimum Gasteiger partial charge on any atom is -0.398 e. The first kappa shape index (κ1) is 12.5. The topological polar surface area (TPSA) is 38.0 Å². The van der Waals surface area contributed by atoms with Gasteiger partial charge in [-0.3, -0.25) is 0 Å². The Bertz CT molecular complexity index is 742. The highest BCUT2D eigenvalue weighted by Gasteiger charge is 2.04. The van der Waals surface area contributed by atoms with Crippen molar-refractivity contribution in [3.8, 4) is 0 Å². The van der Waals surface area contributed by atoms with Crippen LogP contribution in [0.15, 0.2) is 60.7 Å². The minimum atomic E-state index is 0.806. The van der Waals surface area contributed by atoms with E-state index in [0.717, 1.165) is 23.3 Å². The van der Waals surface area contributed by atoms with Gasteiger partial charge in [0.15, 0.2) is 0 Å². The third-order valence-corrected chi connectivity index (χ3v) is 3.67. The molecular formula is C18H18N2. The highest BCUT2D eigenvalue weighted by Crippen LogP contribution is 2.29. The quantitative estimate of drug-likeness (QED) is 0.689. The van der Waals surface area contributed by atoms with Crippen molar-refractivity contribution in [2.45, 2.75) is 13.5 Å². The zero-order valence-corrected chi connectivity index (χ0v) is 11.6. The number of aryl methyl sites for hydroxylation is 1. The second kappa shape index (κ2) is 5.25. The van der Waals surface area contributed by atoms with Gasteiger partial charge in [0, 0.05) is 23.3 Å². The van der Waals surface area contributed by atoms with Crippen LogP contribution >= 0.6 is 0 Å². The number of fused-ring (bicyclic) bond motifs is 1. The molecule has 0 fully saturated rings. The predicted octanol–water partition coefficient (Wildman–Crippen LogP) is 4.34. The summed E-state index contributed by atoms with van der Waals surface area (Å²) in [5, 5.41) is 5.77. The summed E-state index contributed by atoms with van der Waals surface area (Å²) in [5.41, 5.74) is 10.6. The normalized spacial score (nSPS) is 10.7. The minimum absolute atomic E-state index is 0.806. The van der Waals surface area contributed by atoms with E-state index in [2.05, 4.69) is 60.8 Å². The lowest BCUT2D eigenvalue weighted by molar-refractivity contribution is 1.12. The highest BCUT2D eigenvalue weighted by atomic mass is 14.9. The maximum atomic E-state index is 6.12. The Morgan fingerprint density at radius 3 is 2.45 bits per heavy atom. The first-order valence-corrected chi connectivity index (χ1v) is 6.81. The van der Waals surface area contributed by atoms with E-state index in [4.69, 9.17) is 5.73 Å². The Kier molecular flexibility index (Phi) is 3.30. The third kappa shape index (κ3) is 2.32. The van der Waals surface area contributed by atoms with Gasteiger partial charge in [-0.1, -0.05) is 48.5 Å². The molecule has 20 heavy (non-hydrogen) atoms. The molecule has 0 saturated carbocycles. The van der Waals surface area contributed by atoms with E-state index >= 15 is 0 Å². The maximum Gasteiger partial charge on any atom is 0.0443 e. The standard InChI is InChI=1S/C18H18N2/c1-13-6-2-3-7-15(13)12-20-17-11-5-9-14-8-4-10-16(19)18(14)17/h2-11,20H,12,19H2,1H3.